The summed E-state index contributed by atoms with van der Waals surface area (Å²) in [5.74, 6) is 1.51. The first-order valence-electron chi connectivity index (χ1n) is 9.30. The highest BCUT2D eigenvalue weighted by Crippen LogP contribution is 2.30. The number of anilines is 2. The van der Waals surface area contributed by atoms with E-state index in [9.17, 15) is 4.79 Å². The molecule has 3 rings (SSSR count). The number of rotatable bonds is 7. The van der Waals surface area contributed by atoms with E-state index in [0.29, 0.717) is 28.8 Å². The Balaban J connectivity index is 1.83. The number of carbonyl (C=O) groups excluding carboxylic acids is 1. The van der Waals surface area contributed by atoms with Crippen LogP contribution in [-0.4, -0.2) is 21.9 Å². The van der Waals surface area contributed by atoms with E-state index in [-0.39, 0.29) is 11.9 Å². The lowest BCUT2D eigenvalue weighted by atomic mass is 10.2. The maximum absolute atomic E-state index is 12.4. The van der Waals surface area contributed by atoms with Gasteiger partial charge in [-0.15, -0.1) is 0 Å². The number of hydrogen-bond donors (Lipinski definition) is 2. The molecule has 6 nitrogen and oxygen atoms in total. The van der Waals surface area contributed by atoms with E-state index in [4.69, 9.17) is 4.74 Å². The average Bonchev–Trinajstić information content (AvgIpc) is 2.69. The quantitative estimate of drug-likeness (QED) is 0.616. The molecule has 0 radical (unpaired) electrons. The van der Waals surface area contributed by atoms with E-state index in [1.807, 2.05) is 75.4 Å². The van der Waals surface area contributed by atoms with Crippen molar-refractivity contribution >= 4 is 17.5 Å². The van der Waals surface area contributed by atoms with Crippen LogP contribution in [0.5, 0.6) is 11.5 Å². The average molecular weight is 376 g/mol. The smallest absolute Gasteiger partial charge is 0.270 e. The van der Waals surface area contributed by atoms with Crippen molar-refractivity contribution in [1.82, 2.24) is 15.3 Å². The highest BCUT2D eigenvalue weighted by molar-refractivity contribution is 5.92. The fourth-order valence-corrected chi connectivity index (χ4v) is 2.54. The molecule has 0 aliphatic carbocycles. The lowest BCUT2D eigenvalue weighted by Gasteiger charge is -2.14. The fourth-order valence-electron chi connectivity index (χ4n) is 2.54. The van der Waals surface area contributed by atoms with Gasteiger partial charge >= 0.3 is 0 Å². The van der Waals surface area contributed by atoms with Gasteiger partial charge in [-0.3, -0.25) is 4.79 Å². The largest absolute Gasteiger partial charge is 0.455 e. The first-order chi connectivity index (χ1) is 13.5. The second-order valence-corrected chi connectivity index (χ2v) is 6.54. The number of carbonyl (C=O) groups is 1. The lowest BCUT2D eigenvalue weighted by molar-refractivity contribution is 0.0934. The number of nitrogens with one attached hydrogen (secondary N) is 2. The number of amides is 1. The number of benzene rings is 2. The second-order valence-electron chi connectivity index (χ2n) is 6.54. The van der Waals surface area contributed by atoms with Gasteiger partial charge in [-0.2, -0.15) is 0 Å². The molecular formula is C22H24N4O2. The molecule has 144 valence electrons. The van der Waals surface area contributed by atoms with Gasteiger partial charge in [-0.1, -0.05) is 37.3 Å². The minimum atomic E-state index is -0.211. The number of aromatic nitrogens is 2. The van der Waals surface area contributed by atoms with Gasteiger partial charge in [0.25, 0.3) is 5.91 Å². The van der Waals surface area contributed by atoms with Crippen LogP contribution in [0.25, 0.3) is 0 Å². The van der Waals surface area contributed by atoms with Gasteiger partial charge < -0.3 is 15.4 Å². The summed E-state index contributed by atoms with van der Waals surface area (Å²) in [6.45, 7) is 5.81. The minimum Gasteiger partial charge on any atom is -0.455 e. The van der Waals surface area contributed by atoms with E-state index in [1.165, 1.54) is 0 Å². The van der Waals surface area contributed by atoms with Gasteiger partial charge in [-0.05, 0) is 50.6 Å². The first kappa shape index (κ1) is 19.4. The third-order valence-electron chi connectivity index (χ3n) is 4.18. The highest BCUT2D eigenvalue weighted by atomic mass is 16.5. The van der Waals surface area contributed by atoms with Gasteiger partial charge in [0.2, 0.25) is 5.95 Å². The predicted octanol–water partition coefficient (Wildman–Crippen LogP) is 4.85. The van der Waals surface area contributed by atoms with Crippen molar-refractivity contribution in [2.45, 2.75) is 33.2 Å². The van der Waals surface area contributed by atoms with E-state index in [0.717, 1.165) is 12.2 Å². The first-order valence-corrected chi connectivity index (χ1v) is 9.30. The number of ether oxygens (including phenoxy) is 1. The number of para-hydroxylation sites is 3. The van der Waals surface area contributed by atoms with Crippen molar-refractivity contribution < 1.29 is 9.53 Å². The zero-order valence-corrected chi connectivity index (χ0v) is 16.3. The Morgan fingerprint density at radius 2 is 1.79 bits per heavy atom. The van der Waals surface area contributed by atoms with Gasteiger partial charge in [-0.25, -0.2) is 9.97 Å². The summed E-state index contributed by atoms with van der Waals surface area (Å²) in [4.78, 5) is 21.2. The number of nitrogens with zero attached hydrogens (tertiary/aromatic N) is 2. The Hall–Kier alpha value is -3.41. The van der Waals surface area contributed by atoms with Gasteiger partial charge in [0.05, 0.1) is 5.69 Å². The molecule has 0 saturated carbocycles. The van der Waals surface area contributed by atoms with Crippen LogP contribution in [0.1, 0.15) is 36.5 Å². The molecule has 1 unspecified atom stereocenters. The predicted molar refractivity (Wildman–Crippen MR) is 110 cm³/mol. The molecule has 0 fully saturated rings. The molecule has 0 bridgehead atoms. The molecule has 0 saturated heterocycles. The summed E-state index contributed by atoms with van der Waals surface area (Å²) >= 11 is 0. The monoisotopic (exact) mass is 376 g/mol. The lowest BCUT2D eigenvalue weighted by Crippen LogP contribution is -2.32. The van der Waals surface area contributed by atoms with Crippen molar-refractivity contribution in [3.05, 3.63) is 72.1 Å². The molecular weight excluding hydrogens is 352 g/mol. The molecule has 1 atom stereocenters. The standard InChI is InChI=1S/C22H24N4O2/c1-4-15(2)23-21(27)19-14-16(3)24-22(26-19)25-18-12-8-9-13-20(18)28-17-10-6-5-7-11-17/h5-15H,4H2,1-3H3,(H,23,27)(H,24,25,26). The summed E-state index contributed by atoms with van der Waals surface area (Å²) in [7, 11) is 0. The van der Waals surface area contributed by atoms with E-state index >= 15 is 0 Å². The molecule has 1 heterocycles. The molecule has 3 aromatic rings. The molecule has 2 N–H and O–H groups in total. The maximum Gasteiger partial charge on any atom is 0.270 e. The minimum absolute atomic E-state index is 0.0826. The van der Waals surface area contributed by atoms with Gasteiger partial charge in [0.15, 0.2) is 5.75 Å². The maximum atomic E-state index is 12.4. The van der Waals surface area contributed by atoms with Crippen LogP contribution < -0.4 is 15.4 Å². The fraction of sp³-hybridized carbons (Fsp3) is 0.227. The molecule has 2 aromatic carbocycles. The third-order valence-corrected chi connectivity index (χ3v) is 4.18. The summed E-state index contributed by atoms with van der Waals surface area (Å²) in [6.07, 6.45) is 0.852. The zero-order chi connectivity index (χ0) is 19.9. The summed E-state index contributed by atoms with van der Waals surface area (Å²) in [6, 6.07) is 18.8. The Bertz CT molecular complexity index is 944. The molecule has 1 aromatic heterocycles. The van der Waals surface area contributed by atoms with Crippen LogP contribution >= 0.6 is 0 Å². The van der Waals surface area contributed by atoms with Crippen molar-refractivity contribution in [3.63, 3.8) is 0 Å². The normalized spacial score (nSPS) is 11.5. The summed E-state index contributed by atoms with van der Waals surface area (Å²) < 4.78 is 5.96. The van der Waals surface area contributed by atoms with E-state index < -0.39 is 0 Å². The van der Waals surface area contributed by atoms with Crippen molar-refractivity contribution in [2.75, 3.05) is 5.32 Å². The van der Waals surface area contributed by atoms with Crippen LogP contribution in [0.2, 0.25) is 0 Å². The Morgan fingerprint density at radius 3 is 2.54 bits per heavy atom. The van der Waals surface area contributed by atoms with Crippen molar-refractivity contribution in [1.29, 1.82) is 0 Å². The summed E-state index contributed by atoms with van der Waals surface area (Å²) in [5, 5.41) is 6.10. The molecule has 0 spiro atoms. The molecule has 1 amide bonds. The Morgan fingerprint density at radius 1 is 1.07 bits per heavy atom. The molecule has 28 heavy (non-hydrogen) atoms. The molecule has 6 heteroatoms. The van der Waals surface area contributed by atoms with Crippen LogP contribution in [0.4, 0.5) is 11.6 Å². The van der Waals surface area contributed by atoms with Gasteiger partial charge in [0.1, 0.15) is 11.4 Å². The third kappa shape index (κ3) is 5.07. The number of hydrogen-bond acceptors (Lipinski definition) is 5. The zero-order valence-electron chi connectivity index (χ0n) is 16.3. The van der Waals surface area contributed by atoms with Gasteiger partial charge in [0, 0.05) is 11.7 Å². The molecule has 0 aliphatic heterocycles. The Kier molecular flexibility index (Phi) is 6.22. The number of aryl methyl sites for hydroxylation is 1. The van der Waals surface area contributed by atoms with Crippen LogP contribution in [0, 0.1) is 6.92 Å². The SMILES string of the molecule is CCC(C)NC(=O)c1cc(C)nc(Nc2ccccc2Oc2ccccc2)n1. The molecule has 0 aliphatic rings. The van der Waals surface area contributed by atoms with Crippen LogP contribution in [-0.2, 0) is 0 Å². The van der Waals surface area contributed by atoms with Crippen molar-refractivity contribution in [2.24, 2.45) is 0 Å². The Labute approximate surface area is 165 Å². The summed E-state index contributed by atoms with van der Waals surface area (Å²) in [5.41, 5.74) is 1.75. The van der Waals surface area contributed by atoms with E-state index in [1.54, 1.807) is 6.07 Å². The van der Waals surface area contributed by atoms with Crippen molar-refractivity contribution in [3.8, 4) is 11.5 Å². The topological polar surface area (TPSA) is 76.1 Å². The van der Waals surface area contributed by atoms with E-state index in [2.05, 4.69) is 20.6 Å². The second kappa shape index (κ2) is 8.99. The van der Waals surface area contributed by atoms with Crippen LogP contribution in [0.3, 0.4) is 0 Å². The van der Waals surface area contributed by atoms with Crippen LogP contribution in [0.15, 0.2) is 60.7 Å². The highest BCUT2D eigenvalue weighted by Gasteiger charge is 2.14.